The van der Waals surface area contributed by atoms with Gasteiger partial charge in [0.15, 0.2) is 5.65 Å². The van der Waals surface area contributed by atoms with Crippen molar-refractivity contribution in [2.24, 2.45) is 0 Å². The van der Waals surface area contributed by atoms with Gasteiger partial charge in [-0.15, -0.1) is 11.3 Å². The number of benzene rings is 2. The minimum absolute atomic E-state index is 0.182. The highest BCUT2D eigenvalue weighted by atomic mass is 32.1. The summed E-state index contributed by atoms with van der Waals surface area (Å²) < 4.78 is 8.31. The van der Waals surface area contributed by atoms with Crippen LogP contribution in [0.5, 0.6) is 5.75 Å². The fraction of sp³-hybridized carbons (Fsp3) is 0.0909. The number of para-hydroxylation sites is 1. The number of nitrogens with zero attached hydrogens (tertiary/aromatic N) is 2. The standard InChI is InChI=1S/C22H18N4O2S/c1-28-14-6-4-5-13(11-14)12-24-18-10-9-15-20(27)19(23)22-26(21(15)25-18)16-7-2-3-8-17(16)29-22/h2-11H,12,23H2,1H3,(H,24,25). The van der Waals surface area contributed by atoms with E-state index in [-0.39, 0.29) is 11.1 Å². The number of anilines is 2. The highest BCUT2D eigenvalue weighted by molar-refractivity contribution is 7.24. The van der Waals surface area contributed by atoms with Crippen molar-refractivity contribution in [2.45, 2.75) is 6.54 Å². The zero-order chi connectivity index (χ0) is 20.0. The number of rotatable bonds is 4. The first-order valence-corrected chi connectivity index (χ1v) is 9.96. The predicted molar refractivity (Wildman–Crippen MR) is 119 cm³/mol. The number of methoxy groups -OCH3 is 1. The van der Waals surface area contributed by atoms with Crippen LogP contribution in [0.3, 0.4) is 0 Å². The molecule has 29 heavy (non-hydrogen) atoms. The highest BCUT2D eigenvalue weighted by Crippen LogP contribution is 2.31. The molecule has 0 radical (unpaired) electrons. The van der Waals surface area contributed by atoms with Crippen LogP contribution in [0.2, 0.25) is 0 Å². The van der Waals surface area contributed by atoms with Gasteiger partial charge in [0.05, 0.1) is 22.7 Å². The lowest BCUT2D eigenvalue weighted by molar-refractivity contribution is 0.414. The second kappa shape index (κ2) is 6.79. The topological polar surface area (TPSA) is 81.6 Å². The Morgan fingerprint density at radius 3 is 2.86 bits per heavy atom. The summed E-state index contributed by atoms with van der Waals surface area (Å²) in [7, 11) is 1.65. The Morgan fingerprint density at radius 2 is 2.00 bits per heavy atom. The number of ether oxygens (including phenoxy) is 1. The fourth-order valence-electron chi connectivity index (χ4n) is 3.48. The molecule has 3 aromatic heterocycles. The maximum atomic E-state index is 12.8. The van der Waals surface area contributed by atoms with Gasteiger partial charge in [-0.05, 0) is 42.0 Å². The molecule has 0 saturated carbocycles. The van der Waals surface area contributed by atoms with E-state index in [0.29, 0.717) is 23.4 Å². The average molecular weight is 402 g/mol. The van der Waals surface area contributed by atoms with Crippen LogP contribution in [0.15, 0.2) is 65.5 Å². The quantitative estimate of drug-likeness (QED) is 0.469. The normalized spacial score (nSPS) is 11.3. The van der Waals surface area contributed by atoms with Crippen LogP contribution in [0.4, 0.5) is 11.5 Å². The lowest BCUT2D eigenvalue weighted by Crippen LogP contribution is -2.13. The molecule has 0 spiro atoms. The molecule has 2 aromatic carbocycles. The van der Waals surface area contributed by atoms with Crippen molar-refractivity contribution in [2.75, 3.05) is 18.2 Å². The number of fused-ring (bicyclic) bond motifs is 5. The van der Waals surface area contributed by atoms with Crippen molar-refractivity contribution < 1.29 is 4.74 Å². The van der Waals surface area contributed by atoms with Gasteiger partial charge in [-0.25, -0.2) is 4.98 Å². The lowest BCUT2D eigenvalue weighted by Gasteiger charge is -2.10. The molecule has 3 heterocycles. The molecule has 0 amide bonds. The molecule has 7 heteroatoms. The summed E-state index contributed by atoms with van der Waals surface area (Å²) in [4.78, 5) is 18.3. The number of pyridine rings is 2. The van der Waals surface area contributed by atoms with Crippen LogP contribution < -0.4 is 21.2 Å². The molecule has 5 aromatic rings. The van der Waals surface area contributed by atoms with Gasteiger partial charge in [-0.2, -0.15) is 0 Å². The first-order chi connectivity index (χ1) is 14.2. The molecule has 0 fully saturated rings. The molecule has 0 aliphatic carbocycles. The maximum absolute atomic E-state index is 12.8. The van der Waals surface area contributed by atoms with E-state index in [1.54, 1.807) is 13.2 Å². The van der Waals surface area contributed by atoms with E-state index in [4.69, 9.17) is 15.5 Å². The Morgan fingerprint density at radius 1 is 1.14 bits per heavy atom. The van der Waals surface area contributed by atoms with Crippen LogP contribution in [0.25, 0.3) is 26.1 Å². The first kappa shape index (κ1) is 17.5. The number of nitrogen functional groups attached to an aromatic ring is 1. The van der Waals surface area contributed by atoms with Crippen LogP contribution >= 0.6 is 11.3 Å². The van der Waals surface area contributed by atoms with E-state index in [0.717, 1.165) is 26.4 Å². The molecule has 0 bridgehead atoms. The van der Waals surface area contributed by atoms with Crippen molar-refractivity contribution in [3.63, 3.8) is 0 Å². The molecule has 144 valence electrons. The number of aromatic nitrogens is 2. The lowest BCUT2D eigenvalue weighted by atomic mass is 10.2. The van der Waals surface area contributed by atoms with Gasteiger partial charge < -0.3 is 15.8 Å². The maximum Gasteiger partial charge on any atom is 0.215 e. The van der Waals surface area contributed by atoms with E-state index < -0.39 is 0 Å². The van der Waals surface area contributed by atoms with Gasteiger partial charge in [0.1, 0.15) is 22.1 Å². The molecule has 0 unspecified atom stereocenters. The predicted octanol–water partition coefficient (Wildman–Crippen LogP) is 4.27. The Kier molecular flexibility index (Phi) is 4.10. The number of thiazole rings is 1. The Hall–Kier alpha value is -3.58. The van der Waals surface area contributed by atoms with Gasteiger partial charge in [-0.1, -0.05) is 24.3 Å². The largest absolute Gasteiger partial charge is 0.497 e. The number of hydrogen-bond acceptors (Lipinski definition) is 6. The monoisotopic (exact) mass is 402 g/mol. The summed E-state index contributed by atoms with van der Waals surface area (Å²) in [6.07, 6.45) is 0. The number of nitrogens with one attached hydrogen (secondary N) is 1. The second-order valence-corrected chi connectivity index (χ2v) is 7.76. The van der Waals surface area contributed by atoms with Crippen molar-refractivity contribution in [3.05, 3.63) is 76.5 Å². The van der Waals surface area contributed by atoms with Crippen molar-refractivity contribution >= 4 is 48.9 Å². The molecule has 0 saturated heterocycles. The Bertz CT molecular complexity index is 1440. The molecule has 5 rings (SSSR count). The first-order valence-electron chi connectivity index (χ1n) is 9.15. The highest BCUT2D eigenvalue weighted by Gasteiger charge is 2.16. The second-order valence-electron chi connectivity index (χ2n) is 6.73. The van der Waals surface area contributed by atoms with E-state index >= 15 is 0 Å². The van der Waals surface area contributed by atoms with Crippen LogP contribution in [-0.2, 0) is 6.54 Å². The zero-order valence-electron chi connectivity index (χ0n) is 15.7. The van der Waals surface area contributed by atoms with E-state index in [1.165, 1.54) is 11.3 Å². The summed E-state index contributed by atoms with van der Waals surface area (Å²) in [6.45, 7) is 0.590. The zero-order valence-corrected chi connectivity index (χ0v) is 16.5. The number of nitrogens with two attached hydrogens (primary N) is 1. The van der Waals surface area contributed by atoms with Gasteiger partial charge in [0.25, 0.3) is 0 Å². The molecule has 6 nitrogen and oxygen atoms in total. The van der Waals surface area contributed by atoms with Crippen LogP contribution in [0, 0.1) is 0 Å². The van der Waals surface area contributed by atoms with E-state index in [9.17, 15) is 4.79 Å². The SMILES string of the molecule is COc1cccc(CNc2ccc3c(=O)c(N)c4sc5ccccc5n4c3n2)c1. The molecule has 0 aliphatic heterocycles. The van der Waals surface area contributed by atoms with Crippen molar-refractivity contribution in [3.8, 4) is 5.75 Å². The van der Waals surface area contributed by atoms with Crippen molar-refractivity contribution in [1.82, 2.24) is 9.38 Å². The third-order valence-electron chi connectivity index (χ3n) is 4.93. The third kappa shape index (κ3) is 2.87. The minimum Gasteiger partial charge on any atom is -0.497 e. The molecule has 0 aliphatic rings. The summed E-state index contributed by atoms with van der Waals surface area (Å²) in [5.41, 5.74) is 8.92. The summed E-state index contributed by atoms with van der Waals surface area (Å²) in [5.74, 6) is 1.50. The third-order valence-corrected chi connectivity index (χ3v) is 6.09. The van der Waals surface area contributed by atoms with Gasteiger partial charge in [0.2, 0.25) is 5.43 Å². The molecular weight excluding hydrogens is 384 g/mol. The van der Waals surface area contributed by atoms with Crippen molar-refractivity contribution in [1.29, 1.82) is 0 Å². The fourth-order valence-corrected chi connectivity index (χ4v) is 4.58. The number of hydrogen-bond donors (Lipinski definition) is 2. The Balaban J connectivity index is 1.64. The van der Waals surface area contributed by atoms with Crippen LogP contribution in [0.1, 0.15) is 5.56 Å². The van der Waals surface area contributed by atoms with E-state index in [2.05, 4.69) is 5.32 Å². The van der Waals surface area contributed by atoms with E-state index in [1.807, 2.05) is 59.0 Å². The van der Waals surface area contributed by atoms with Gasteiger partial charge in [0, 0.05) is 6.54 Å². The minimum atomic E-state index is -0.182. The Labute approximate surface area is 170 Å². The smallest absolute Gasteiger partial charge is 0.215 e. The summed E-state index contributed by atoms with van der Waals surface area (Å²) in [5, 5.41) is 3.84. The van der Waals surface area contributed by atoms with Gasteiger partial charge >= 0.3 is 0 Å². The summed E-state index contributed by atoms with van der Waals surface area (Å²) >= 11 is 1.50. The van der Waals surface area contributed by atoms with Gasteiger partial charge in [-0.3, -0.25) is 9.20 Å². The molecular formula is C22H18N4O2S. The van der Waals surface area contributed by atoms with Crippen LogP contribution in [-0.4, -0.2) is 16.5 Å². The summed E-state index contributed by atoms with van der Waals surface area (Å²) in [6, 6.07) is 19.4. The molecule has 3 N–H and O–H groups in total. The average Bonchev–Trinajstić information content (AvgIpc) is 3.16. The molecule has 0 atom stereocenters.